The van der Waals surface area contributed by atoms with Gasteiger partial charge in [-0.3, -0.25) is 5.32 Å². The van der Waals surface area contributed by atoms with Gasteiger partial charge in [0.1, 0.15) is 23.1 Å². The second-order valence-corrected chi connectivity index (χ2v) is 4.66. The maximum Gasteiger partial charge on any atom is 0.324 e. The first-order valence-electron chi connectivity index (χ1n) is 6.93. The van der Waals surface area contributed by atoms with Gasteiger partial charge in [-0.05, 0) is 50.2 Å². The van der Waals surface area contributed by atoms with Crippen LogP contribution in [0.3, 0.4) is 0 Å². The van der Waals surface area contributed by atoms with Crippen LogP contribution in [-0.2, 0) is 0 Å². The van der Waals surface area contributed by atoms with Gasteiger partial charge in [-0.15, -0.1) is 5.10 Å². The molecule has 1 aromatic carbocycles. The van der Waals surface area contributed by atoms with E-state index in [4.69, 9.17) is 9.15 Å². The average molecular weight is 314 g/mol. The van der Waals surface area contributed by atoms with E-state index in [1.54, 1.807) is 63.6 Å². The van der Waals surface area contributed by atoms with E-state index in [1.165, 1.54) is 0 Å². The van der Waals surface area contributed by atoms with E-state index in [-0.39, 0.29) is 0 Å². The predicted molar refractivity (Wildman–Crippen MR) is 89.2 cm³/mol. The van der Waals surface area contributed by atoms with E-state index >= 15 is 0 Å². The van der Waals surface area contributed by atoms with Crippen molar-refractivity contribution in [3.63, 3.8) is 0 Å². The van der Waals surface area contributed by atoms with Crippen LogP contribution in [0.5, 0.6) is 5.75 Å². The molecule has 0 aliphatic rings. The fourth-order valence-corrected chi connectivity index (χ4v) is 1.71. The van der Waals surface area contributed by atoms with Crippen LogP contribution in [0, 0.1) is 0 Å². The molecule has 2 N–H and O–H groups in total. The quantitative estimate of drug-likeness (QED) is 0.516. The summed E-state index contributed by atoms with van der Waals surface area (Å²) in [6, 6.07) is 10.1. The molecule has 0 fully saturated rings. The molecular weight excluding hydrogens is 296 g/mol. The second-order valence-electron chi connectivity index (χ2n) is 4.66. The van der Waals surface area contributed by atoms with E-state index in [2.05, 4.69) is 20.8 Å². The number of hydrogen-bond acceptors (Lipinski definition) is 5. The topological polar surface area (TPSA) is 88.2 Å². The number of benzene rings is 1. The van der Waals surface area contributed by atoms with Gasteiger partial charge in [0.2, 0.25) is 0 Å². The van der Waals surface area contributed by atoms with Crippen molar-refractivity contribution in [2.75, 3.05) is 12.4 Å². The van der Waals surface area contributed by atoms with Crippen molar-refractivity contribution in [2.24, 2.45) is 10.2 Å². The molecular formula is C16H18N4O3. The standard InChI is InChI=1S/C16H18N4O3/c1-11(15-5-4-10-23-15)19-20-12(2)17-16(21)18-13-6-8-14(22-3)9-7-13/h4-10H,1-3H3,(H2,17,18,20,21)/b19-11+. The fraction of sp³-hybridized carbons (Fsp3) is 0.188. The Hall–Kier alpha value is -3.09. The monoisotopic (exact) mass is 314 g/mol. The second kappa shape index (κ2) is 7.79. The Morgan fingerprint density at radius 2 is 1.87 bits per heavy atom. The maximum atomic E-state index is 11.8. The van der Waals surface area contributed by atoms with Crippen LogP contribution in [0.25, 0.3) is 0 Å². The number of carbonyl (C=O) groups excluding carboxylic acids is 1. The minimum Gasteiger partial charge on any atom is -0.497 e. The van der Waals surface area contributed by atoms with Crippen LogP contribution < -0.4 is 15.4 Å². The molecule has 7 heteroatoms. The molecule has 1 aromatic heterocycles. The van der Waals surface area contributed by atoms with Crippen LogP contribution in [0.1, 0.15) is 19.6 Å². The number of amides is 2. The molecule has 7 nitrogen and oxygen atoms in total. The van der Waals surface area contributed by atoms with Gasteiger partial charge in [0, 0.05) is 5.69 Å². The van der Waals surface area contributed by atoms with Crippen LogP contribution in [-0.4, -0.2) is 24.7 Å². The van der Waals surface area contributed by atoms with E-state index in [0.717, 1.165) is 5.75 Å². The smallest absolute Gasteiger partial charge is 0.324 e. The Labute approximate surface area is 134 Å². The summed E-state index contributed by atoms with van der Waals surface area (Å²) in [5, 5.41) is 13.2. The molecule has 0 aliphatic carbocycles. The first-order valence-corrected chi connectivity index (χ1v) is 6.93. The number of rotatable bonds is 4. The largest absolute Gasteiger partial charge is 0.497 e. The summed E-state index contributed by atoms with van der Waals surface area (Å²) >= 11 is 0. The highest BCUT2D eigenvalue weighted by Crippen LogP contribution is 2.14. The van der Waals surface area contributed by atoms with Crippen LogP contribution in [0.2, 0.25) is 0 Å². The first-order chi connectivity index (χ1) is 11.1. The number of amidine groups is 1. The van der Waals surface area contributed by atoms with E-state index < -0.39 is 6.03 Å². The zero-order valence-electron chi connectivity index (χ0n) is 13.2. The fourth-order valence-electron chi connectivity index (χ4n) is 1.71. The first kappa shape index (κ1) is 16.3. The normalized spacial score (nSPS) is 12.0. The van der Waals surface area contributed by atoms with Gasteiger partial charge < -0.3 is 14.5 Å². The number of urea groups is 1. The van der Waals surface area contributed by atoms with Crippen molar-refractivity contribution in [3.8, 4) is 5.75 Å². The van der Waals surface area contributed by atoms with Crippen molar-refractivity contribution in [1.29, 1.82) is 0 Å². The lowest BCUT2D eigenvalue weighted by molar-refractivity contribution is 0.256. The van der Waals surface area contributed by atoms with Crippen LogP contribution in [0.4, 0.5) is 10.5 Å². The van der Waals surface area contributed by atoms with Gasteiger partial charge in [0.15, 0.2) is 0 Å². The lowest BCUT2D eigenvalue weighted by Gasteiger charge is -2.07. The molecule has 0 spiro atoms. The zero-order chi connectivity index (χ0) is 16.7. The molecule has 0 aliphatic heterocycles. The minimum atomic E-state index is -0.401. The lowest BCUT2D eigenvalue weighted by Crippen LogP contribution is -2.32. The van der Waals surface area contributed by atoms with Crippen molar-refractivity contribution >= 4 is 23.3 Å². The summed E-state index contributed by atoms with van der Waals surface area (Å²) in [6.07, 6.45) is 1.56. The number of nitrogens with zero attached hydrogens (tertiary/aromatic N) is 2. The summed E-state index contributed by atoms with van der Waals surface area (Å²) in [5.74, 6) is 1.71. The molecule has 0 bridgehead atoms. The summed E-state index contributed by atoms with van der Waals surface area (Å²) in [6.45, 7) is 3.42. The molecule has 2 aromatic rings. The predicted octanol–water partition coefficient (Wildman–Crippen LogP) is 3.25. The van der Waals surface area contributed by atoms with Gasteiger partial charge in [0.25, 0.3) is 0 Å². The number of ether oxygens (including phenoxy) is 1. The highest BCUT2D eigenvalue weighted by atomic mass is 16.5. The number of nitrogens with one attached hydrogen (secondary N) is 2. The van der Waals surface area contributed by atoms with Crippen molar-refractivity contribution in [3.05, 3.63) is 48.4 Å². The van der Waals surface area contributed by atoms with Gasteiger partial charge in [-0.1, -0.05) is 0 Å². The molecule has 0 atom stereocenters. The van der Waals surface area contributed by atoms with Crippen LogP contribution >= 0.6 is 0 Å². The maximum absolute atomic E-state index is 11.8. The van der Waals surface area contributed by atoms with E-state index in [9.17, 15) is 4.79 Å². The van der Waals surface area contributed by atoms with E-state index in [1.807, 2.05) is 0 Å². The lowest BCUT2D eigenvalue weighted by atomic mass is 10.3. The number of hydrogen-bond donors (Lipinski definition) is 2. The Bertz CT molecular complexity index is 703. The summed E-state index contributed by atoms with van der Waals surface area (Å²) in [4.78, 5) is 11.8. The Morgan fingerprint density at radius 3 is 2.48 bits per heavy atom. The molecule has 1 heterocycles. The molecule has 0 radical (unpaired) electrons. The molecule has 120 valence electrons. The number of anilines is 1. The molecule has 0 saturated heterocycles. The molecule has 0 saturated carbocycles. The minimum absolute atomic E-state index is 0.363. The highest BCUT2D eigenvalue weighted by molar-refractivity contribution is 6.03. The summed E-state index contributed by atoms with van der Waals surface area (Å²) < 4.78 is 10.3. The van der Waals surface area contributed by atoms with Crippen LogP contribution in [0.15, 0.2) is 57.3 Å². The van der Waals surface area contributed by atoms with Gasteiger partial charge in [-0.25, -0.2) is 4.79 Å². The van der Waals surface area contributed by atoms with Gasteiger partial charge in [0.05, 0.1) is 13.4 Å². The molecule has 2 amide bonds. The molecule has 0 unspecified atom stereocenters. The summed E-state index contributed by atoms with van der Waals surface area (Å²) in [5.41, 5.74) is 1.26. The Kier molecular flexibility index (Phi) is 5.51. The average Bonchev–Trinajstić information content (AvgIpc) is 3.07. The van der Waals surface area contributed by atoms with E-state index in [0.29, 0.717) is 23.0 Å². The number of furan rings is 1. The molecule has 2 rings (SSSR count). The number of carbonyl (C=O) groups is 1. The highest BCUT2D eigenvalue weighted by Gasteiger charge is 2.04. The zero-order valence-corrected chi connectivity index (χ0v) is 13.2. The Balaban J connectivity index is 1.91. The number of methoxy groups -OCH3 is 1. The van der Waals surface area contributed by atoms with Crippen molar-refractivity contribution in [1.82, 2.24) is 5.32 Å². The Morgan fingerprint density at radius 1 is 1.13 bits per heavy atom. The van der Waals surface area contributed by atoms with Crippen molar-refractivity contribution in [2.45, 2.75) is 13.8 Å². The van der Waals surface area contributed by atoms with Crippen molar-refractivity contribution < 1.29 is 13.9 Å². The third-order valence-electron chi connectivity index (χ3n) is 2.87. The summed E-state index contributed by atoms with van der Waals surface area (Å²) in [7, 11) is 1.58. The third kappa shape index (κ3) is 4.99. The molecule has 23 heavy (non-hydrogen) atoms. The third-order valence-corrected chi connectivity index (χ3v) is 2.87. The SMILES string of the molecule is COc1ccc(NC(=O)N/C(C)=N/N=C(\C)c2ccco2)cc1. The van der Waals surface area contributed by atoms with Gasteiger partial charge in [-0.2, -0.15) is 5.10 Å². The van der Waals surface area contributed by atoms with Gasteiger partial charge >= 0.3 is 6.03 Å².